The minimum absolute atomic E-state index is 0.0102. The third-order valence-electron chi connectivity index (χ3n) is 2.54. The Kier molecular flexibility index (Phi) is 6.49. The Hall–Kier alpha value is -1.43. The van der Waals surface area contributed by atoms with Gasteiger partial charge in [0.15, 0.2) is 12.7 Å². The molecule has 108 valence electrons. The second kappa shape index (κ2) is 7.89. The van der Waals surface area contributed by atoms with Crippen LogP contribution in [0.3, 0.4) is 0 Å². The second-order valence-electron chi connectivity index (χ2n) is 4.75. The largest absolute Gasteiger partial charge is 0.454 e. The molecule has 0 radical (unpaired) electrons. The van der Waals surface area contributed by atoms with E-state index in [9.17, 15) is 4.79 Å². The minimum atomic E-state index is -0.577. The quantitative estimate of drug-likeness (QED) is 0.674. The Morgan fingerprint density at radius 3 is 2.53 bits per heavy atom. The molecule has 0 aromatic carbocycles. The first-order valence-corrected chi connectivity index (χ1v) is 6.62. The molecule has 0 aliphatic heterocycles. The van der Waals surface area contributed by atoms with Crippen LogP contribution >= 0.6 is 0 Å². The van der Waals surface area contributed by atoms with Crippen LogP contribution in [-0.4, -0.2) is 28.9 Å². The van der Waals surface area contributed by atoms with Gasteiger partial charge >= 0.3 is 5.97 Å². The van der Waals surface area contributed by atoms with Crippen LogP contribution in [0.15, 0.2) is 4.42 Å². The van der Waals surface area contributed by atoms with Gasteiger partial charge < -0.3 is 13.9 Å². The van der Waals surface area contributed by atoms with Gasteiger partial charge in [-0.1, -0.05) is 20.8 Å². The van der Waals surface area contributed by atoms with Gasteiger partial charge in [0.2, 0.25) is 5.89 Å². The first-order chi connectivity index (χ1) is 9.02. The van der Waals surface area contributed by atoms with Gasteiger partial charge in [-0.05, 0) is 19.3 Å². The highest BCUT2D eigenvalue weighted by molar-refractivity contribution is 5.74. The van der Waals surface area contributed by atoms with Crippen molar-refractivity contribution in [2.45, 2.75) is 53.2 Å². The predicted molar refractivity (Wildman–Crippen MR) is 68.3 cm³/mol. The van der Waals surface area contributed by atoms with Crippen molar-refractivity contribution in [1.29, 1.82) is 0 Å². The zero-order valence-electron chi connectivity index (χ0n) is 12.0. The van der Waals surface area contributed by atoms with Crippen LogP contribution in [0.1, 0.15) is 45.9 Å². The highest BCUT2D eigenvalue weighted by Crippen LogP contribution is 2.05. The fourth-order valence-corrected chi connectivity index (χ4v) is 1.29. The number of esters is 1. The lowest BCUT2D eigenvalue weighted by Gasteiger charge is -2.12. The van der Waals surface area contributed by atoms with Crippen molar-refractivity contribution in [3.8, 4) is 0 Å². The molecule has 1 unspecified atom stereocenters. The first-order valence-electron chi connectivity index (χ1n) is 6.62. The molecule has 6 heteroatoms. The van der Waals surface area contributed by atoms with Gasteiger partial charge in [-0.25, -0.2) is 4.79 Å². The van der Waals surface area contributed by atoms with Crippen molar-refractivity contribution < 1.29 is 18.7 Å². The van der Waals surface area contributed by atoms with Gasteiger partial charge in [0.1, 0.15) is 0 Å². The lowest BCUT2D eigenvalue weighted by atomic mass is 10.1. The van der Waals surface area contributed by atoms with Gasteiger partial charge in [-0.15, -0.1) is 10.2 Å². The van der Waals surface area contributed by atoms with E-state index in [1.165, 1.54) is 0 Å². The summed E-state index contributed by atoms with van der Waals surface area (Å²) in [5, 5.41) is 7.56. The van der Waals surface area contributed by atoms with Crippen LogP contribution in [0.25, 0.3) is 0 Å². The molecule has 0 spiro atoms. The Labute approximate surface area is 113 Å². The molecule has 19 heavy (non-hydrogen) atoms. The van der Waals surface area contributed by atoms with E-state index in [4.69, 9.17) is 13.9 Å². The van der Waals surface area contributed by atoms with E-state index in [0.717, 1.165) is 6.42 Å². The zero-order valence-corrected chi connectivity index (χ0v) is 12.0. The summed E-state index contributed by atoms with van der Waals surface area (Å²) >= 11 is 0. The number of nitrogens with zero attached hydrogens (tertiary/aromatic N) is 2. The monoisotopic (exact) mass is 270 g/mol. The number of carbonyl (C=O) groups is 1. The van der Waals surface area contributed by atoms with Crippen molar-refractivity contribution in [3.05, 3.63) is 11.8 Å². The Balaban J connectivity index is 2.26. The van der Waals surface area contributed by atoms with Crippen LogP contribution < -0.4 is 0 Å². The topological polar surface area (TPSA) is 74.5 Å². The van der Waals surface area contributed by atoms with Gasteiger partial charge in [-0.3, -0.25) is 0 Å². The standard InChI is InChI=1S/C13H22N2O4/c1-5-11-14-15-12(19-11)8-18-13(16)10(4)17-7-6-9(2)3/h9-10H,5-8H2,1-4H3. The lowest BCUT2D eigenvalue weighted by Crippen LogP contribution is -2.24. The van der Waals surface area contributed by atoms with Crippen molar-refractivity contribution in [2.75, 3.05) is 6.61 Å². The molecular formula is C13H22N2O4. The normalized spacial score (nSPS) is 12.7. The van der Waals surface area contributed by atoms with E-state index in [0.29, 0.717) is 30.7 Å². The number of rotatable bonds is 8. The third-order valence-corrected chi connectivity index (χ3v) is 2.54. The molecule has 1 rings (SSSR count). The first kappa shape index (κ1) is 15.6. The molecule has 0 fully saturated rings. The summed E-state index contributed by atoms with van der Waals surface area (Å²) in [6, 6.07) is 0. The molecule has 0 saturated carbocycles. The maximum absolute atomic E-state index is 11.6. The van der Waals surface area contributed by atoms with E-state index >= 15 is 0 Å². The SMILES string of the molecule is CCc1nnc(COC(=O)C(C)OCCC(C)C)o1. The molecule has 1 aromatic rings. The number of aromatic nitrogens is 2. The van der Waals surface area contributed by atoms with E-state index in [1.54, 1.807) is 6.92 Å². The zero-order chi connectivity index (χ0) is 14.3. The number of ether oxygens (including phenoxy) is 2. The molecule has 0 bridgehead atoms. The smallest absolute Gasteiger partial charge is 0.335 e. The molecule has 0 N–H and O–H groups in total. The van der Waals surface area contributed by atoms with Crippen molar-refractivity contribution in [1.82, 2.24) is 10.2 Å². The van der Waals surface area contributed by atoms with E-state index in [-0.39, 0.29) is 6.61 Å². The average Bonchev–Trinajstić information content (AvgIpc) is 2.83. The van der Waals surface area contributed by atoms with Gasteiger partial charge in [0.25, 0.3) is 5.89 Å². The fourth-order valence-electron chi connectivity index (χ4n) is 1.29. The summed E-state index contributed by atoms with van der Waals surface area (Å²) in [6.45, 7) is 8.33. The van der Waals surface area contributed by atoms with Crippen LogP contribution in [0, 0.1) is 5.92 Å². The molecular weight excluding hydrogens is 248 g/mol. The Morgan fingerprint density at radius 1 is 1.26 bits per heavy atom. The van der Waals surface area contributed by atoms with Crippen molar-refractivity contribution >= 4 is 5.97 Å². The van der Waals surface area contributed by atoms with E-state index < -0.39 is 12.1 Å². The second-order valence-corrected chi connectivity index (χ2v) is 4.75. The molecule has 0 aliphatic rings. The van der Waals surface area contributed by atoms with Crippen molar-refractivity contribution in [3.63, 3.8) is 0 Å². The highest BCUT2D eigenvalue weighted by atomic mass is 16.6. The minimum Gasteiger partial charge on any atom is -0.454 e. The highest BCUT2D eigenvalue weighted by Gasteiger charge is 2.16. The van der Waals surface area contributed by atoms with Crippen LogP contribution in [0.2, 0.25) is 0 Å². The fraction of sp³-hybridized carbons (Fsp3) is 0.769. The van der Waals surface area contributed by atoms with Gasteiger partial charge in [0.05, 0.1) is 0 Å². The Morgan fingerprint density at radius 2 is 1.95 bits per heavy atom. The molecule has 0 amide bonds. The van der Waals surface area contributed by atoms with Gasteiger partial charge in [-0.2, -0.15) is 0 Å². The van der Waals surface area contributed by atoms with Gasteiger partial charge in [0, 0.05) is 13.0 Å². The number of hydrogen-bond acceptors (Lipinski definition) is 6. The van der Waals surface area contributed by atoms with E-state index in [1.807, 2.05) is 6.92 Å². The summed E-state index contributed by atoms with van der Waals surface area (Å²) in [4.78, 5) is 11.6. The molecule has 6 nitrogen and oxygen atoms in total. The van der Waals surface area contributed by atoms with Crippen LogP contribution in [0.5, 0.6) is 0 Å². The number of aryl methyl sites for hydroxylation is 1. The molecule has 1 aromatic heterocycles. The van der Waals surface area contributed by atoms with Crippen LogP contribution in [0.4, 0.5) is 0 Å². The Bertz CT molecular complexity index is 390. The van der Waals surface area contributed by atoms with Crippen LogP contribution in [-0.2, 0) is 27.3 Å². The maximum atomic E-state index is 11.6. The number of hydrogen-bond donors (Lipinski definition) is 0. The average molecular weight is 270 g/mol. The molecule has 1 heterocycles. The number of carbonyl (C=O) groups excluding carboxylic acids is 1. The van der Waals surface area contributed by atoms with E-state index in [2.05, 4.69) is 24.0 Å². The lowest BCUT2D eigenvalue weighted by molar-refractivity contribution is -0.158. The summed E-state index contributed by atoms with van der Waals surface area (Å²) in [7, 11) is 0. The maximum Gasteiger partial charge on any atom is 0.335 e. The van der Waals surface area contributed by atoms with Crippen molar-refractivity contribution in [2.24, 2.45) is 5.92 Å². The summed E-state index contributed by atoms with van der Waals surface area (Å²) in [5.74, 6) is 0.973. The summed E-state index contributed by atoms with van der Waals surface area (Å²) in [5.41, 5.74) is 0. The summed E-state index contributed by atoms with van der Waals surface area (Å²) in [6.07, 6.45) is 1.00. The third kappa shape index (κ3) is 5.83. The predicted octanol–water partition coefficient (Wildman–Crippen LogP) is 2.13. The molecule has 1 atom stereocenters. The summed E-state index contributed by atoms with van der Waals surface area (Å²) < 4.78 is 15.7. The molecule has 0 saturated heterocycles. The molecule has 0 aliphatic carbocycles.